The maximum absolute atomic E-state index is 13.2. The fourth-order valence-corrected chi connectivity index (χ4v) is 4.41. The summed E-state index contributed by atoms with van der Waals surface area (Å²) in [6.07, 6.45) is 0. The smallest absolute Gasteiger partial charge is 0.337 e. The van der Waals surface area contributed by atoms with Crippen molar-refractivity contribution in [3.63, 3.8) is 0 Å². The van der Waals surface area contributed by atoms with Gasteiger partial charge in [-0.2, -0.15) is 0 Å². The molecule has 0 atom stereocenters. The highest BCUT2D eigenvalue weighted by molar-refractivity contribution is 6.53. The van der Waals surface area contributed by atoms with Crippen molar-refractivity contribution in [1.82, 2.24) is 0 Å². The highest BCUT2D eigenvalue weighted by Crippen LogP contribution is 2.31. The van der Waals surface area contributed by atoms with E-state index in [1.807, 2.05) is 30.3 Å². The molecule has 0 aliphatic carbocycles. The van der Waals surface area contributed by atoms with Gasteiger partial charge in [-0.05, 0) is 66.2 Å². The average Bonchev–Trinajstić information content (AvgIpc) is 3.23. The normalized spacial score (nSPS) is 12.8. The Morgan fingerprint density at radius 3 is 2.24 bits per heavy atom. The number of carbonyl (C=O) groups excluding carboxylic acids is 4. The molecule has 5 rings (SSSR count). The van der Waals surface area contributed by atoms with Gasteiger partial charge in [-0.3, -0.25) is 14.4 Å². The summed E-state index contributed by atoms with van der Waals surface area (Å²) in [5, 5.41) is 5.36. The monoisotopic (exact) mass is 581 g/mol. The van der Waals surface area contributed by atoms with E-state index in [0.29, 0.717) is 29.3 Å². The van der Waals surface area contributed by atoms with E-state index in [4.69, 9.17) is 21.1 Å². The van der Waals surface area contributed by atoms with Gasteiger partial charge in [-0.15, -0.1) is 0 Å². The van der Waals surface area contributed by atoms with Crippen LogP contribution in [0.2, 0.25) is 0 Å². The lowest BCUT2D eigenvalue weighted by atomic mass is 10.1. The van der Waals surface area contributed by atoms with Gasteiger partial charge in [0.05, 0.1) is 18.4 Å². The zero-order valence-corrected chi connectivity index (χ0v) is 23.1. The first kappa shape index (κ1) is 28.1. The molecule has 0 unspecified atom stereocenters. The molecular formula is C32H24ClN3O6. The van der Waals surface area contributed by atoms with Gasteiger partial charge in [0.1, 0.15) is 23.1 Å². The number of amides is 3. The molecule has 1 heterocycles. The molecule has 4 aromatic carbocycles. The minimum absolute atomic E-state index is 0.159. The number of rotatable bonds is 9. The number of benzene rings is 4. The molecule has 4 aromatic rings. The summed E-state index contributed by atoms with van der Waals surface area (Å²) in [7, 11) is 1.23. The van der Waals surface area contributed by atoms with Crippen molar-refractivity contribution < 1.29 is 28.7 Å². The Kier molecular flexibility index (Phi) is 8.31. The van der Waals surface area contributed by atoms with Crippen LogP contribution in [0.4, 0.5) is 17.1 Å². The van der Waals surface area contributed by atoms with E-state index in [1.165, 1.54) is 37.4 Å². The molecule has 10 heteroatoms. The van der Waals surface area contributed by atoms with Crippen LogP contribution in [0.5, 0.6) is 5.75 Å². The first-order valence-corrected chi connectivity index (χ1v) is 13.1. The number of imide groups is 1. The van der Waals surface area contributed by atoms with Crippen molar-refractivity contribution in [2.75, 3.05) is 22.6 Å². The van der Waals surface area contributed by atoms with Gasteiger partial charge >= 0.3 is 5.97 Å². The topological polar surface area (TPSA) is 114 Å². The van der Waals surface area contributed by atoms with Crippen LogP contribution >= 0.6 is 11.6 Å². The molecule has 1 aliphatic heterocycles. The van der Waals surface area contributed by atoms with E-state index in [2.05, 4.69) is 10.6 Å². The number of carbonyl (C=O) groups is 4. The molecule has 0 radical (unpaired) electrons. The van der Waals surface area contributed by atoms with Crippen molar-refractivity contribution in [2.45, 2.75) is 6.61 Å². The first-order valence-electron chi connectivity index (χ1n) is 12.8. The van der Waals surface area contributed by atoms with E-state index in [1.54, 1.807) is 42.5 Å². The van der Waals surface area contributed by atoms with Crippen LogP contribution in [-0.4, -0.2) is 30.8 Å². The Morgan fingerprint density at radius 2 is 1.50 bits per heavy atom. The van der Waals surface area contributed by atoms with Crippen LogP contribution in [0.1, 0.15) is 26.3 Å². The van der Waals surface area contributed by atoms with Crippen molar-refractivity contribution >= 4 is 52.4 Å². The predicted molar refractivity (Wildman–Crippen MR) is 158 cm³/mol. The molecule has 9 nitrogen and oxygen atoms in total. The lowest BCUT2D eigenvalue weighted by Crippen LogP contribution is -2.32. The fraction of sp³-hybridized carbons (Fsp3) is 0.0625. The standard InChI is InChI=1S/C32H24ClN3O6/c1-41-32(40)22-10-6-12-25(18-22)36-30(38)27(33)28(31(36)39)34-24-11-5-9-21(17-24)29(37)35-23-13-15-26(16-14-23)42-19-20-7-3-2-4-8-20/h2-18,34H,19H2,1H3,(H,35,37). The molecule has 2 N–H and O–H groups in total. The molecule has 0 aromatic heterocycles. The SMILES string of the molecule is COC(=O)c1cccc(N2C(=O)C(Cl)=C(Nc3cccc(C(=O)Nc4ccc(OCc5ccccc5)cc4)c3)C2=O)c1. The summed E-state index contributed by atoms with van der Waals surface area (Å²) in [6.45, 7) is 0.429. The number of hydrogen-bond donors (Lipinski definition) is 2. The van der Waals surface area contributed by atoms with Crippen LogP contribution in [0.3, 0.4) is 0 Å². The number of anilines is 3. The van der Waals surface area contributed by atoms with Gasteiger partial charge in [-0.25, -0.2) is 9.69 Å². The number of ether oxygens (including phenoxy) is 2. The highest BCUT2D eigenvalue weighted by atomic mass is 35.5. The summed E-state index contributed by atoms with van der Waals surface area (Å²) in [5.74, 6) is -1.80. The quantitative estimate of drug-likeness (QED) is 0.191. The van der Waals surface area contributed by atoms with E-state index >= 15 is 0 Å². The van der Waals surface area contributed by atoms with Crippen LogP contribution < -0.4 is 20.3 Å². The van der Waals surface area contributed by atoms with Crippen molar-refractivity contribution in [3.8, 4) is 5.75 Å². The minimum Gasteiger partial charge on any atom is -0.489 e. The third-order valence-corrected chi connectivity index (χ3v) is 6.66. The summed E-state index contributed by atoms with van der Waals surface area (Å²) >= 11 is 6.25. The van der Waals surface area contributed by atoms with Crippen molar-refractivity contribution in [2.24, 2.45) is 0 Å². The van der Waals surface area contributed by atoms with E-state index in [-0.39, 0.29) is 27.9 Å². The highest BCUT2D eigenvalue weighted by Gasteiger charge is 2.39. The van der Waals surface area contributed by atoms with Crippen molar-refractivity contribution in [1.29, 1.82) is 0 Å². The first-order chi connectivity index (χ1) is 20.3. The number of nitrogens with one attached hydrogen (secondary N) is 2. The Balaban J connectivity index is 1.24. The number of nitrogens with zero attached hydrogens (tertiary/aromatic N) is 1. The Morgan fingerprint density at radius 1 is 0.786 bits per heavy atom. The third-order valence-electron chi connectivity index (χ3n) is 6.31. The molecule has 1 aliphatic rings. The zero-order chi connectivity index (χ0) is 29.6. The van der Waals surface area contributed by atoms with E-state index in [9.17, 15) is 19.2 Å². The minimum atomic E-state index is -0.753. The Hall–Kier alpha value is -5.41. The van der Waals surface area contributed by atoms with Gasteiger partial charge in [0, 0.05) is 16.9 Å². The average molecular weight is 582 g/mol. The van der Waals surface area contributed by atoms with Crippen LogP contribution in [0, 0.1) is 0 Å². The van der Waals surface area contributed by atoms with Gasteiger partial charge in [0.2, 0.25) is 0 Å². The molecule has 210 valence electrons. The van der Waals surface area contributed by atoms with E-state index < -0.39 is 17.8 Å². The number of esters is 1. The second-order valence-corrected chi connectivity index (χ2v) is 9.51. The molecule has 3 amide bonds. The van der Waals surface area contributed by atoms with E-state index in [0.717, 1.165) is 10.5 Å². The Labute approximate surface area is 246 Å². The summed E-state index contributed by atoms with van der Waals surface area (Å²) < 4.78 is 10.5. The van der Waals surface area contributed by atoms with Gasteiger partial charge < -0.3 is 20.1 Å². The molecule has 0 spiro atoms. The van der Waals surface area contributed by atoms with Gasteiger partial charge in [-0.1, -0.05) is 54.1 Å². The maximum Gasteiger partial charge on any atom is 0.337 e. The number of hydrogen-bond acceptors (Lipinski definition) is 7. The zero-order valence-electron chi connectivity index (χ0n) is 22.3. The predicted octanol–water partition coefficient (Wildman–Crippen LogP) is 5.74. The van der Waals surface area contributed by atoms with Crippen LogP contribution in [-0.2, 0) is 20.9 Å². The second-order valence-electron chi connectivity index (χ2n) is 9.14. The maximum atomic E-state index is 13.2. The van der Waals surface area contributed by atoms with Gasteiger partial charge in [0.15, 0.2) is 0 Å². The van der Waals surface area contributed by atoms with Crippen LogP contribution in [0.25, 0.3) is 0 Å². The number of halogens is 1. The summed E-state index contributed by atoms with van der Waals surface area (Å²) in [5.41, 5.74) is 2.46. The Bertz CT molecular complexity index is 1700. The molecule has 0 saturated carbocycles. The molecule has 0 saturated heterocycles. The van der Waals surface area contributed by atoms with Crippen molar-refractivity contribution in [3.05, 3.63) is 131 Å². The largest absolute Gasteiger partial charge is 0.489 e. The second kappa shape index (κ2) is 12.4. The lowest BCUT2D eigenvalue weighted by molar-refractivity contribution is -0.120. The molecule has 42 heavy (non-hydrogen) atoms. The summed E-state index contributed by atoms with van der Waals surface area (Å²) in [4.78, 5) is 51.8. The van der Waals surface area contributed by atoms with Crippen LogP contribution in [0.15, 0.2) is 114 Å². The lowest BCUT2D eigenvalue weighted by Gasteiger charge is -2.16. The number of methoxy groups -OCH3 is 1. The molecule has 0 bridgehead atoms. The summed E-state index contributed by atoms with van der Waals surface area (Å²) in [6, 6.07) is 29.1. The molecular weight excluding hydrogens is 558 g/mol. The fourth-order valence-electron chi connectivity index (χ4n) is 4.20. The van der Waals surface area contributed by atoms with Gasteiger partial charge in [0.25, 0.3) is 17.7 Å². The third kappa shape index (κ3) is 6.16. The molecule has 0 fully saturated rings.